The van der Waals surface area contributed by atoms with Crippen LogP contribution in [-0.4, -0.2) is 36.1 Å². The molecule has 98 valence electrons. The molecule has 0 saturated carbocycles. The molecule has 1 aromatic rings. The average molecular weight is 247 g/mol. The highest BCUT2D eigenvalue weighted by atomic mass is 16.4. The number of likely N-dealkylation sites (tertiary alicyclic amines) is 1. The van der Waals surface area contributed by atoms with Gasteiger partial charge in [0, 0.05) is 19.0 Å². The molecule has 0 aliphatic carbocycles. The summed E-state index contributed by atoms with van der Waals surface area (Å²) in [6.07, 6.45) is 0.577. The summed E-state index contributed by atoms with van der Waals surface area (Å²) in [7, 11) is 2.13. The van der Waals surface area contributed by atoms with Crippen molar-refractivity contribution in [2.24, 2.45) is 5.41 Å². The largest absolute Gasteiger partial charge is 0.481 e. The summed E-state index contributed by atoms with van der Waals surface area (Å²) in [4.78, 5) is 13.4. The monoisotopic (exact) mass is 247 g/mol. The van der Waals surface area contributed by atoms with Gasteiger partial charge in [0.05, 0.1) is 5.41 Å². The van der Waals surface area contributed by atoms with Crippen LogP contribution in [0, 0.1) is 5.41 Å². The summed E-state index contributed by atoms with van der Waals surface area (Å²) in [5, 5.41) is 9.12. The molecule has 18 heavy (non-hydrogen) atoms. The van der Waals surface area contributed by atoms with Crippen molar-refractivity contribution < 1.29 is 9.90 Å². The number of hydrogen-bond acceptors (Lipinski definition) is 2. The molecule has 0 aromatic heterocycles. The van der Waals surface area contributed by atoms with Crippen LogP contribution in [0.4, 0.5) is 0 Å². The minimum atomic E-state index is -0.743. The topological polar surface area (TPSA) is 40.5 Å². The number of likely N-dealkylation sites (N-methyl/N-ethyl adjacent to an activating group) is 1. The minimum absolute atomic E-state index is 0.577. The van der Waals surface area contributed by atoms with Gasteiger partial charge in [0.1, 0.15) is 0 Å². The molecule has 3 nitrogen and oxygen atoms in total. The Kier molecular flexibility index (Phi) is 3.44. The van der Waals surface area contributed by atoms with Crippen LogP contribution < -0.4 is 0 Å². The molecule has 0 amide bonds. The second-order valence-corrected chi connectivity index (χ2v) is 6.03. The van der Waals surface area contributed by atoms with E-state index in [2.05, 4.69) is 36.2 Å². The van der Waals surface area contributed by atoms with Crippen molar-refractivity contribution in [3.63, 3.8) is 0 Å². The van der Waals surface area contributed by atoms with Gasteiger partial charge in [-0.3, -0.25) is 4.79 Å². The van der Waals surface area contributed by atoms with Crippen LogP contribution in [0.15, 0.2) is 24.3 Å². The highest BCUT2D eigenvalue weighted by molar-refractivity contribution is 5.74. The molecule has 0 unspecified atom stereocenters. The fourth-order valence-electron chi connectivity index (χ4n) is 2.40. The quantitative estimate of drug-likeness (QED) is 0.888. The lowest BCUT2D eigenvalue weighted by atomic mass is 9.84. The van der Waals surface area contributed by atoms with Gasteiger partial charge >= 0.3 is 5.97 Å². The van der Waals surface area contributed by atoms with Gasteiger partial charge in [-0.15, -0.1) is 0 Å². The number of aliphatic carboxylic acids is 1. The van der Waals surface area contributed by atoms with Crippen LogP contribution in [0.2, 0.25) is 0 Å². The second-order valence-electron chi connectivity index (χ2n) is 6.03. The van der Waals surface area contributed by atoms with Gasteiger partial charge in [0.2, 0.25) is 0 Å². The minimum Gasteiger partial charge on any atom is -0.481 e. The summed E-state index contributed by atoms with van der Waals surface area (Å²) in [5.74, 6) is -0.0938. The van der Waals surface area contributed by atoms with Gasteiger partial charge in [-0.1, -0.05) is 24.3 Å². The first-order valence-corrected chi connectivity index (χ1v) is 6.39. The Morgan fingerprint density at radius 2 is 1.89 bits per heavy atom. The standard InChI is InChI=1S/C15H21NO2/c1-15(2,14(17)18)8-11-4-6-12(7-5-11)13-9-16(3)10-13/h4-7,13H,8-10H2,1-3H3,(H,17,18). The number of benzene rings is 1. The Bertz CT molecular complexity index is 430. The van der Waals surface area contributed by atoms with Crippen molar-refractivity contribution in [3.8, 4) is 0 Å². The third kappa shape index (κ3) is 2.72. The van der Waals surface area contributed by atoms with Crippen LogP contribution in [-0.2, 0) is 11.2 Å². The third-order valence-corrected chi connectivity index (χ3v) is 3.74. The second kappa shape index (κ2) is 4.73. The average Bonchev–Trinajstić information content (AvgIpc) is 2.25. The maximum absolute atomic E-state index is 11.1. The molecule has 0 bridgehead atoms. The molecule has 0 atom stereocenters. The normalized spacial score (nSPS) is 17.5. The predicted molar refractivity (Wildman–Crippen MR) is 71.8 cm³/mol. The van der Waals surface area contributed by atoms with E-state index in [-0.39, 0.29) is 0 Å². The third-order valence-electron chi connectivity index (χ3n) is 3.74. The Hall–Kier alpha value is -1.35. The number of hydrogen-bond donors (Lipinski definition) is 1. The molecule has 2 rings (SSSR count). The van der Waals surface area contributed by atoms with E-state index in [0.29, 0.717) is 12.3 Å². The molecule has 1 aromatic carbocycles. The van der Waals surface area contributed by atoms with E-state index >= 15 is 0 Å². The Balaban J connectivity index is 2.02. The number of carboxylic acid groups (broad SMARTS) is 1. The number of carbonyl (C=O) groups is 1. The first-order chi connectivity index (χ1) is 8.38. The predicted octanol–water partition coefficient (Wildman–Crippen LogP) is 2.37. The van der Waals surface area contributed by atoms with E-state index in [1.165, 1.54) is 5.56 Å². The number of rotatable bonds is 4. The molecule has 1 aliphatic rings. The Morgan fingerprint density at radius 1 is 1.33 bits per heavy atom. The van der Waals surface area contributed by atoms with Crippen LogP contribution in [0.3, 0.4) is 0 Å². The highest BCUT2D eigenvalue weighted by Crippen LogP contribution is 2.27. The molecule has 0 radical (unpaired) electrons. The van der Waals surface area contributed by atoms with Crippen LogP contribution >= 0.6 is 0 Å². The van der Waals surface area contributed by atoms with E-state index < -0.39 is 11.4 Å². The van der Waals surface area contributed by atoms with Gasteiger partial charge in [-0.2, -0.15) is 0 Å². The van der Waals surface area contributed by atoms with Gasteiger partial charge in [0.25, 0.3) is 0 Å². The fraction of sp³-hybridized carbons (Fsp3) is 0.533. The first-order valence-electron chi connectivity index (χ1n) is 6.39. The van der Waals surface area contributed by atoms with Gasteiger partial charge in [0.15, 0.2) is 0 Å². The molecule has 0 spiro atoms. The first kappa shape index (κ1) is 13.1. The van der Waals surface area contributed by atoms with E-state index in [1.807, 2.05) is 0 Å². The molecule has 3 heteroatoms. The van der Waals surface area contributed by atoms with Crippen LogP contribution in [0.1, 0.15) is 30.9 Å². The summed E-state index contributed by atoms with van der Waals surface area (Å²) in [5.41, 5.74) is 1.77. The lowest BCUT2D eigenvalue weighted by Gasteiger charge is -2.36. The van der Waals surface area contributed by atoms with Crippen molar-refractivity contribution in [2.45, 2.75) is 26.2 Å². The van der Waals surface area contributed by atoms with E-state index in [0.717, 1.165) is 18.7 Å². The maximum atomic E-state index is 11.1. The van der Waals surface area contributed by atoms with Gasteiger partial charge in [-0.05, 0) is 38.4 Å². The molecule has 1 N–H and O–H groups in total. The highest BCUT2D eigenvalue weighted by Gasteiger charge is 2.28. The molecule has 1 fully saturated rings. The zero-order valence-electron chi connectivity index (χ0n) is 11.3. The summed E-state index contributed by atoms with van der Waals surface area (Å²) >= 11 is 0. The van der Waals surface area contributed by atoms with Crippen molar-refractivity contribution in [1.82, 2.24) is 4.90 Å². The van der Waals surface area contributed by atoms with Crippen molar-refractivity contribution in [1.29, 1.82) is 0 Å². The van der Waals surface area contributed by atoms with E-state index in [4.69, 9.17) is 5.11 Å². The lowest BCUT2D eigenvalue weighted by Crippen LogP contribution is -2.41. The van der Waals surface area contributed by atoms with Gasteiger partial charge < -0.3 is 10.0 Å². The SMILES string of the molecule is CN1CC(c2ccc(CC(C)(C)C(=O)O)cc2)C1. The van der Waals surface area contributed by atoms with Crippen LogP contribution in [0.25, 0.3) is 0 Å². The molecule has 1 heterocycles. The molecule has 1 aliphatic heterocycles. The zero-order chi connectivity index (χ0) is 13.3. The summed E-state index contributed by atoms with van der Waals surface area (Å²) < 4.78 is 0. The van der Waals surface area contributed by atoms with Crippen molar-refractivity contribution in [3.05, 3.63) is 35.4 Å². The molecular weight excluding hydrogens is 226 g/mol. The zero-order valence-corrected chi connectivity index (χ0v) is 11.3. The van der Waals surface area contributed by atoms with Crippen molar-refractivity contribution in [2.75, 3.05) is 20.1 Å². The van der Waals surface area contributed by atoms with E-state index in [1.54, 1.807) is 13.8 Å². The molecular formula is C15H21NO2. The molecule has 1 saturated heterocycles. The summed E-state index contributed by atoms with van der Waals surface area (Å²) in [6, 6.07) is 8.42. The van der Waals surface area contributed by atoms with Gasteiger partial charge in [-0.25, -0.2) is 0 Å². The number of carboxylic acids is 1. The Labute approximate surface area is 108 Å². The smallest absolute Gasteiger partial charge is 0.309 e. The Morgan fingerprint density at radius 3 is 2.33 bits per heavy atom. The maximum Gasteiger partial charge on any atom is 0.309 e. The number of nitrogens with zero attached hydrogens (tertiary/aromatic N) is 1. The van der Waals surface area contributed by atoms with Crippen LogP contribution in [0.5, 0.6) is 0 Å². The lowest BCUT2D eigenvalue weighted by molar-refractivity contribution is -0.146. The summed E-state index contributed by atoms with van der Waals surface area (Å²) in [6.45, 7) is 5.79. The van der Waals surface area contributed by atoms with Crippen molar-refractivity contribution >= 4 is 5.97 Å². The van der Waals surface area contributed by atoms with E-state index in [9.17, 15) is 4.79 Å². The fourth-order valence-corrected chi connectivity index (χ4v) is 2.40.